The molecule has 33 heavy (non-hydrogen) atoms. The largest absolute Gasteiger partial charge is 0.465 e. The van der Waals surface area contributed by atoms with Crippen LogP contribution in [-0.2, 0) is 16.0 Å². The Morgan fingerprint density at radius 1 is 1.30 bits per heavy atom. The lowest BCUT2D eigenvalue weighted by Gasteiger charge is -2.26. The quantitative estimate of drug-likeness (QED) is 0.566. The fourth-order valence-corrected chi connectivity index (χ4v) is 4.05. The van der Waals surface area contributed by atoms with Crippen molar-refractivity contribution in [2.75, 3.05) is 13.1 Å². The number of benzene rings is 2. The number of halogens is 1. The molecule has 8 heteroatoms. The first-order valence-corrected chi connectivity index (χ1v) is 11.3. The number of urea groups is 1. The summed E-state index contributed by atoms with van der Waals surface area (Å²) in [6.45, 7) is 5.37. The molecule has 0 aliphatic carbocycles. The van der Waals surface area contributed by atoms with Gasteiger partial charge in [-0.1, -0.05) is 61.9 Å². The van der Waals surface area contributed by atoms with E-state index in [-0.39, 0.29) is 31.5 Å². The molecule has 174 valence electrons. The molecule has 1 aliphatic heterocycles. The van der Waals surface area contributed by atoms with Gasteiger partial charge in [-0.15, -0.1) is 0 Å². The fourth-order valence-electron chi connectivity index (χ4n) is 3.85. The molecule has 2 aromatic rings. The zero-order valence-electron chi connectivity index (χ0n) is 18.6. The normalized spacial score (nSPS) is 17.0. The third kappa shape index (κ3) is 6.35. The third-order valence-electron chi connectivity index (χ3n) is 5.48. The molecule has 2 aromatic carbocycles. The number of nitrogens with one attached hydrogen (secondary N) is 2. The van der Waals surface area contributed by atoms with Crippen LogP contribution in [0.1, 0.15) is 36.9 Å². The summed E-state index contributed by atoms with van der Waals surface area (Å²) in [7, 11) is 0. The van der Waals surface area contributed by atoms with E-state index >= 15 is 0 Å². The first kappa shape index (κ1) is 24.3. The Kier molecular flexibility index (Phi) is 8.49. The zero-order valence-corrected chi connectivity index (χ0v) is 19.3. The molecule has 0 spiro atoms. The van der Waals surface area contributed by atoms with Gasteiger partial charge in [-0.3, -0.25) is 14.5 Å². The van der Waals surface area contributed by atoms with Crippen LogP contribution in [0.25, 0.3) is 0 Å². The molecule has 1 saturated heterocycles. The summed E-state index contributed by atoms with van der Waals surface area (Å²) in [6, 6.07) is 13.8. The Balaban J connectivity index is 1.81. The highest BCUT2D eigenvalue weighted by Crippen LogP contribution is 2.27. The van der Waals surface area contributed by atoms with Gasteiger partial charge in [-0.25, -0.2) is 4.79 Å². The van der Waals surface area contributed by atoms with Crippen LogP contribution < -0.4 is 15.4 Å². The second-order valence-corrected chi connectivity index (χ2v) is 8.30. The van der Waals surface area contributed by atoms with E-state index in [0.717, 1.165) is 16.9 Å². The van der Waals surface area contributed by atoms with Gasteiger partial charge in [-0.05, 0) is 42.2 Å². The van der Waals surface area contributed by atoms with Crippen molar-refractivity contribution in [1.82, 2.24) is 15.5 Å². The van der Waals surface area contributed by atoms with Crippen LogP contribution in [0.5, 0.6) is 5.75 Å². The molecule has 1 heterocycles. The standard InChI is InChI=1S/C25H28ClN3O4/c1-3-8-21(17-9-6-5-7-10-17)28-25(32)29-16-23(30)27-15-19(24(29)31)13-18-14-20(26)11-12-22(18)33-4-2/h4-7,9-12,14,19,21H,2-3,8,13,15-16H2,1H3,(H,27,30)(H,28,32). The Bertz CT molecular complexity index is 1010. The van der Waals surface area contributed by atoms with Crippen molar-refractivity contribution in [2.45, 2.75) is 32.2 Å². The van der Waals surface area contributed by atoms with Crippen LogP contribution in [-0.4, -0.2) is 35.8 Å². The molecule has 7 nitrogen and oxygen atoms in total. The first-order chi connectivity index (χ1) is 15.9. The Hall–Kier alpha value is -3.32. The predicted molar refractivity (Wildman–Crippen MR) is 127 cm³/mol. The smallest absolute Gasteiger partial charge is 0.325 e. The van der Waals surface area contributed by atoms with E-state index in [1.54, 1.807) is 18.2 Å². The SMILES string of the molecule is C=COc1ccc(Cl)cc1CC1CNC(=O)CN(C(=O)NC(CCC)c2ccccc2)C1=O. The van der Waals surface area contributed by atoms with Gasteiger partial charge in [0.05, 0.1) is 18.2 Å². The van der Waals surface area contributed by atoms with E-state index in [1.807, 2.05) is 37.3 Å². The minimum absolute atomic E-state index is 0.110. The average Bonchev–Trinajstić information content (AvgIpc) is 2.95. The van der Waals surface area contributed by atoms with Gasteiger partial charge in [-0.2, -0.15) is 0 Å². The molecule has 0 bridgehead atoms. The van der Waals surface area contributed by atoms with Gasteiger partial charge in [0.2, 0.25) is 11.8 Å². The molecule has 2 unspecified atom stereocenters. The Morgan fingerprint density at radius 3 is 2.76 bits per heavy atom. The Labute approximate surface area is 198 Å². The summed E-state index contributed by atoms with van der Waals surface area (Å²) >= 11 is 6.14. The number of imide groups is 1. The molecule has 2 N–H and O–H groups in total. The second kappa shape index (κ2) is 11.5. The molecule has 4 amide bonds. The van der Waals surface area contributed by atoms with Crippen LogP contribution in [0.2, 0.25) is 5.02 Å². The van der Waals surface area contributed by atoms with Gasteiger partial charge in [0, 0.05) is 11.6 Å². The number of hydrogen-bond donors (Lipinski definition) is 2. The zero-order chi connectivity index (χ0) is 23.8. The van der Waals surface area contributed by atoms with Crippen molar-refractivity contribution >= 4 is 29.4 Å². The van der Waals surface area contributed by atoms with Gasteiger partial charge in [0.25, 0.3) is 0 Å². The number of rotatable bonds is 8. The van der Waals surface area contributed by atoms with Crippen LogP contribution >= 0.6 is 11.6 Å². The molecule has 3 rings (SSSR count). The van der Waals surface area contributed by atoms with E-state index in [4.69, 9.17) is 16.3 Å². The summed E-state index contributed by atoms with van der Waals surface area (Å²) < 4.78 is 5.44. The van der Waals surface area contributed by atoms with Gasteiger partial charge in [0.1, 0.15) is 12.3 Å². The van der Waals surface area contributed by atoms with Gasteiger partial charge >= 0.3 is 6.03 Å². The molecule has 0 radical (unpaired) electrons. The second-order valence-electron chi connectivity index (χ2n) is 7.87. The maximum Gasteiger partial charge on any atom is 0.325 e. The van der Waals surface area contributed by atoms with E-state index in [2.05, 4.69) is 17.2 Å². The predicted octanol–water partition coefficient (Wildman–Crippen LogP) is 4.23. The van der Waals surface area contributed by atoms with Crippen molar-refractivity contribution in [3.8, 4) is 5.75 Å². The summed E-state index contributed by atoms with van der Waals surface area (Å²) in [5.41, 5.74) is 1.63. The molecular formula is C25H28ClN3O4. The number of hydrogen-bond acceptors (Lipinski definition) is 4. The number of carbonyl (C=O) groups excluding carboxylic acids is 3. The lowest BCUT2D eigenvalue weighted by molar-refractivity contribution is -0.133. The van der Waals surface area contributed by atoms with Crippen molar-refractivity contribution in [2.24, 2.45) is 5.92 Å². The fraction of sp³-hybridized carbons (Fsp3) is 0.320. The summed E-state index contributed by atoms with van der Waals surface area (Å²) in [6.07, 6.45) is 3.08. The highest BCUT2D eigenvalue weighted by molar-refractivity contribution is 6.30. The molecule has 0 saturated carbocycles. The van der Waals surface area contributed by atoms with E-state index in [9.17, 15) is 14.4 Å². The maximum absolute atomic E-state index is 13.3. The molecule has 1 aliphatic rings. The number of nitrogens with zero attached hydrogens (tertiary/aromatic N) is 1. The first-order valence-electron chi connectivity index (χ1n) is 10.9. The minimum Gasteiger partial charge on any atom is -0.465 e. The molecule has 0 aromatic heterocycles. The van der Waals surface area contributed by atoms with E-state index < -0.39 is 17.9 Å². The van der Waals surface area contributed by atoms with Crippen LogP contribution in [0.15, 0.2) is 61.4 Å². The summed E-state index contributed by atoms with van der Waals surface area (Å²) in [5.74, 6) is -0.963. The van der Waals surface area contributed by atoms with Crippen molar-refractivity contribution in [3.63, 3.8) is 0 Å². The highest BCUT2D eigenvalue weighted by atomic mass is 35.5. The Morgan fingerprint density at radius 2 is 2.06 bits per heavy atom. The van der Waals surface area contributed by atoms with E-state index in [1.165, 1.54) is 6.26 Å². The maximum atomic E-state index is 13.3. The average molecular weight is 470 g/mol. The molecule has 2 atom stereocenters. The third-order valence-corrected chi connectivity index (χ3v) is 5.72. The molecular weight excluding hydrogens is 442 g/mol. The van der Waals surface area contributed by atoms with Crippen LogP contribution in [0.3, 0.4) is 0 Å². The lowest BCUT2D eigenvalue weighted by Crippen LogP contribution is -2.48. The van der Waals surface area contributed by atoms with Crippen molar-refractivity contribution < 1.29 is 19.1 Å². The minimum atomic E-state index is -0.658. The molecule has 1 fully saturated rings. The monoisotopic (exact) mass is 469 g/mol. The van der Waals surface area contributed by atoms with Crippen molar-refractivity contribution in [1.29, 1.82) is 0 Å². The number of ether oxygens (including phenoxy) is 1. The van der Waals surface area contributed by atoms with Crippen LogP contribution in [0, 0.1) is 5.92 Å². The lowest BCUT2D eigenvalue weighted by atomic mass is 9.97. The summed E-state index contributed by atoms with van der Waals surface area (Å²) in [5, 5.41) is 6.16. The topological polar surface area (TPSA) is 87.7 Å². The van der Waals surface area contributed by atoms with E-state index in [0.29, 0.717) is 22.8 Å². The number of amides is 4. The highest BCUT2D eigenvalue weighted by Gasteiger charge is 2.35. The summed E-state index contributed by atoms with van der Waals surface area (Å²) in [4.78, 5) is 39.8. The van der Waals surface area contributed by atoms with Gasteiger partial charge in [0.15, 0.2) is 0 Å². The van der Waals surface area contributed by atoms with Gasteiger partial charge < -0.3 is 15.4 Å². The number of carbonyl (C=O) groups is 3. The van der Waals surface area contributed by atoms with Crippen LogP contribution in [0.4, 0.5) is 4.79 Å². The van der Waals surface area contributed by atoms with Crippen molar-refractivity contribution in [3.05, 3.63) is 77.5 Å².